The third-order valence-corrected chi connectivity index (χ3v) is 5.02. The number of hydrogen-bond acceptors (Lipinski definition) is 4. The van der Waals surface area contributed by atoms with Crippen LogP contribution < -0.4 is 0 Å². The quantitative estimate of drug-likeness (QED) is 0.942. The number of tetrazole rings is 1. The van der Waals surface area contributed by atoms with E-state index in [1.165, 1.54) is 12.1 Å². The minimum absolute atomic E-state index is 0.0499. The summed E-state index contributed by atoms with van der Waals surface area (Å²) in [4.78, 5) is 14.6. The van der Waals surface area contributed by atoms with E-state index in [4.69, 9.17) is 0 Å². The first kappa shape index (κ1) is 14.3. The number of likely N-dealkylation sites (tertiary alicyclic amines) is 1. The van der Waals surface area contributed by atoms with Crippen LogP contribution in [-0.4, -0.2) is 38.0 Å². The zero-order valence-corrected chi connectivity index (χ0v) is 12.7. The molecule has 0 bridgehead atoms. The molecule has 4 rings (SSSR count). The van der Waals surface area contributed by atoms with E-state index in [9.17, 15) is 9.18 Å². The molecule has 1 aromatic carbocycles. The number of benzene rings is 1. The van der Waals surface area contributed by atoms with Crippen LogP contribution in [0.25, 0.3) is 0 Å². The van der Waals surface area contributed by atoms with Crippen LogP contribution in [0.1, 0.15) is 49.0 Å². The molecule has 0 spiro atoms. The Morgan fingerprint density at radius 2 is 2.04 bits per heavy atom. The summed E-state index contributed by atoms with van der Waals surface area (Å²) in [5.41, 5.74) is 1.12. The van der Waals surface area contributed by atoms with Gasteiger partial charge in [-0.3, -0.25) is 4.79 Å². The van der Waals surface area contributed by atoms with Gasteiger partial charge in [0.15, 0.2) is 5.82 Å². The number of H-pyrrole nitrogens is 1. The molecule has 120 valence electrons. The van der Waals surface area contributed by atoms with Crippen molar-refractivity contribution >= 4 is 5.91 Å². The fraction of sp³-hybridized carbons (Fsp3) is 0.500. The van der Waals surface area contributed by atoms with Gasteiger partial charge in [-0.1, -0.05) is 17.3 Å². The molecule has 7 heteroatoms. The smallest absolute Gasteiger partial charge is 0.226 e. The maximum absolute atomic E-state index is 13.0. The molecule has 2 aliphatic rings. The Labute approximate surface area is 133 Å². The zero-order chi connectivity index (χ0) is 15.8. The molecule has 1 aromatic heterocycles. The number of nitrogens with one attached hydrogen (secondary N) is 1. The van der Waals surface area contributed by atoms with Gasteiger partial charge in [0.05, 0.1) is 6.04 Å². The number of nitrogens with zero attached hydrogens (tertiary/aromatic N) is 4. The minimum atomic E-state index is -0.222. The van der Waals surface area contributed by atoms with Crippen LogP contribution in [-0.2, 0) is 4.79 Å². The standard InChI is InChI=1S/C16H18FN5O/c17-13-5-3-10(4-6-13)11-8-12(9-11)16(23)22-7-1-2-14(22)15-18-20-21-19-15/h3-6,11-12,14H,1-2,7-9H2,(H,18,19,20,21). The number of amides is 1. The molecule has 6 nitrogen and oxygen atoms in total. The van der Waals surface area contributed by atoms with Crippen molar-refractivity contribution < 1.29 is 9.18 Å². The molecule has 2 fully saturated rings. The molecular weight excluding hydrogens is 297 g/mol. The van der Waals surface area contributed by atoms with E-state index in [0.29, 0.717) is 11.7 Å². The molecule has 2 heterocycles. The third kappa shape index (κ3) is 2.60. The maximum Gasteiger partial charge on any atom is 0.226 e. The van der Waals surface area contributed by atoms with Gasteiger partial charge in [-0.05, 0) is 49.3 Å². The Bertz CT molecular complexity index is 681. The molecule has 0 radical (unpaired) electrons. The summed E-state index contributed by atoms with van der Waals surface area (Å²) in [7, 11) is 0. The van der Waals surface area contributed by atoms with E-state index in [-0.39, 0.29) is 23.7 Å². The van der Waals surface area contributed by atoms with Gasteiger partial charge >= 0.3 is 0 Å². The summed E-state index contributed by atoms with van der Waals surface area (Å²) < 4.78 is 13.0. The highest BCUT2D eigenvalue weighted by molar-refractivity contribution is 5.80. The Morgan fingerprint density at radius 3 is 2.74 bits per heavy atom. The average molecular weight is 315 g/mol. The van der Waals surface area contributed by atoms with Crippen molar-refractivity contribution in [1.82, 2.24) is 25.5 Å². The van der Waals surface area contributed by atoms with Crippen molar-refractivity contribution in [3.8, 4) is 0 Å². The zero-order valence-electron chi connectivity index (χ0n) is 12.7. The molecule has 1 amide bonds. The number of aromatic amines is 1. The Balaban J connectivity index is 1.40. The highest BCUT2D eigenvalue weighted by atomic mass is 19.1. The van der Waals surface area contributed by atoms with Gasteiger partial charge in [-0.25, -0.2) is 4.39 Å². The van der Waals surface area contributed by atoms with Gasteiger partial charge in [0.25, 0.3) is 0 Å². The van der Waals surface area contributed by atoms with Gasteiger partial charge in [-0.15, -0.1) is 10.2 Å². The molecule has 1 aliphatic carbocycles. The summed E-state index contributed by atoms with van der Waals surface area (Å²) in [6, 6.07) is 6.55. The average Bonchev–Trinajstić information content (AvgIpc) is 3.18. The number of carbonyl (C=O) groups is 1. The number of halogens is 1. The SMILES string of the molecule is O=C(C1CC(c2ccc(F)cc2)C1)N1CCCC1c1nn[nH]n1. The second-order valence-electron chi connectivity index (χ2n) is 6.38. The van der Waals surface area contributed by atoms with Crippen molar-refractivity contribution in [3.63, 3.8) is 0 Å². The molecular formula is C16H18FN5O. The predicted molar refractivity (Wildman–Crippen MR) is 79.7 cm³/mol. The summed E-state index contributed by atoms with van der Waals surface area (Å²) >= 11 is 0. The van der Waals surface area contributed by atoms with E-state index < -0.39 is 0 Å². The highest BCUT2D eigenvalue weighted by Crippen LogP contribution is 2.44. The lowest BCUT2D eigenvalue weighted by molar-refractivity contribution is -0.139. The largest absolute Gasteiger partial charge is 0.332 e. The van der Waals surface area contributed by atoms with Crippen molar-refractivity contribution in [2.45, 2.75) is 37.6 Å². The second-order valence-corrected chi connectivity index (χ2v) is 6.38. The number of rotatable bonds is 3. The van der Waals surface area contributed by atoms with Crippen LogP contribution in [0.15, 0.2) is 24.3 Å². The molecule has 1 unspecified atom stereocenters. The lowest BCUT2D eigenvalue weighted by atomic mass is 9.71. The first-order chi connectivity index (χ1) is 11.2. The molecule has 1 saturated heterocycles. The fourth-order valence-electron chi connectivity index (χ4n) is 3.67. The first-order valence-electron chi connectivity index (χ1n) is 8.01. The molecule has 2 aromatic rings. The Morgan fingerprint density at radius 1 is 1.26 bits per heavy atom. The molecule has 1 saturated carbocycles. The summed E-state index contributed by atoms with van der Waals surface area (Å²) in [6.07, 6.45) is 3.53. The summed E-state index contributed by atoms with van der Waals surface area (Å²) in [6.45, 7) is 0.760. The van der Waals surface area contributed by atoms with Crippen molar-refractivity contribution in [2.24, 2.45) is 5.92 Å². The number of hydrogen-bond donors (Lipinski definition) is 1. The van der Waals surface area contributed by atoms with Crippen LogP contribution in [0.3, 0.4) is 0 Å². The highest BCUT2D eigenvalue weighted by Gasteiger charge is 2.41. The predicted octanol–water partition coefficient (Wildman–Crippen LogP) is 2.20. The Kier molecular flexibility index (Phi) is 3.55. The molecule has 1 aliphatic heterocycles. The number of aromatic nitrogens is 4. The number of carbonyl (C=O) groups excluding carboxylic acids is 1. The van der Waals surface area contributed by atoms with Crippen LogP contribution in [0.2, 0.25) is 0 Å². The van der Waals surface area contributed by atoms with Crippen molar-refractivity contribution in [1.29, 1.82) is 0 Å². The van der Waals surface area contributed by atoms with Gasteiger partial charge in [0.1, 0.15) is 5.82 Å². The topological polar surface area (TPSA) is 74.8 Å². The van der Waals surface area contributed by atoms with Gasteiger partial charge in [-0.2, -0.15) is 5.21 Å². The van der Waals surface area contributed by atoms with Gasteiger partial charge in [0, 0.05) is 12.5 Å². The van der Waals surface area contributed by atoms with Crippen molar-refractivity contribution in [2.75, 3.05) is 6.54 Å². The monoisotopic (exact) mass is 315 g/mol. The van der Waals surface area contributed by atoms with E-state index in [1.54, 1.807) is 0 Å². The molecule has 23 heavy (non-hydrogen) atoms. The molecule has 1 atom stereocenters. The van der Waals surface area contributed by atoms with Crippen molar-refractivity contribution in [3.05, 3.63) is 41.5 Å². The maximum atomic E-state index is 13.0. The third-order valence-electron chi connectivity index (χ3n) is 5.02. The Hall–Kier alpha value is -2.31. The first-order valence-corrected chi connectivity index (χ1v) is 8.01. The molecule has 1 N–H and O–H groups in total. The second kappa shape index (κ2) is 5.72. The minimum Gasteiger partial charge on any atom is -0.332 e. The van der Waals surface area contributed by atoms with E-state index in [1.807, 2.05) is 17.0 Å². The normalized spacial score (nSPS) is 27.0. The van der Waals surface area contributed by atoms with Crippen LogP contribution in [0, 0.1) is 11.7 Å². The fourth-order valence-corrected chi connectivity index (χ4v) is 3.67. The van der Waals surface area contributed by atoms with E-state index >= 15 is 0 Å². The summed E-state index contributed by atoms with van der Waals surface area (Å²) in [5, 5.41) is 14.1. The lowest BCUT2D eigenvalue weighted by Crippen LogP contribution is -2.41. The van der Waals surface area contributed by atoms with Crippen LogP contribution >= 0.6 is 0 Å². The van der Waals surface area contributed by atoms with Gasteiger partial charge < -0.3 is 4.90 Å². The van der Waals surface area contributed by atoms with Gasteiger partial charge in [0.2, 0.25) is 5.91 Å². The van der Waals surface area contributed by atoms with E-state index in [2.05, 4.69) is 20.6 Å². The van der Waals surface area contributed by atoms with Crippen LogP contribution in [0.4, 0.5) is 4.39 Å². The summed E-state index contributed by atoms with van der Waals surface area (Å²) in [5.74, 6) is 0.981. The van der Waals surface area contributed by atoms with E-state index in [0.717, 1.165) is 37.8 Å². The lowest BCUT2D eigenvalue weighted by Gasteiger charge is -2.38. The van der Waals surface area contributed by atoms with Crippen LogP contribution in [0.5, 0.6) is 0 Å².